The van der Waals surface area contributed by atoms with Crippen LogP contribution in [0.3, 0.4) is 0 Å². The minimum absolute atomic E-state index is 0.274. The molecule has 6 heteroatoms. The number of hydrogen-bond donors (Lipinski definition) is 2. The molecule has 2 N–H and O–H groups in total. The molecule has 0 saturated carbocycles. The lowest BCUT2D eigenvalue weighted by atomic mass is 10.0. The molecule has 0 bridgehead atoms. The molecule has 0 aromatic heterocycles. The van der Waals surface area contributed by atoms with Gasteiger partial charge in [-0.3, -0.25) is 0 Å². The summed E-state index contributed by atoms with van der Waals surface area (Å²) in [6.45, 7) is 4.86. The Hall–Kier alpha value is -0.980. The lowest BCUT2D eigenvalue weighted by Crippen LogP contribution is -2.29. The first-order valence-corrected chi connectivity index (χ1v) is 8.35. The van der Waals surface area contributed by atoms with E-state index in [1.807, 2.05) is 13.8 Å². The smallest absolute Gasteiger partial charge is 0.243 e. The molecule has 0 atom stereocenters. The highest BCUT2D eigenvalue weighted by atomic mass is 32.2. The molecule has 1 rings (SSSR count). The molecule has 0 aliphatic rings. The Labute approximate surface area is 120 Å². The fourth-order valence-electron chi connectivity index (χ4n) is 1.96. The Kier molecular flexibility index (Phi) is 6.58. The second kappa shape index (κ2) is 7.71. The first-order valence-electron chi connectivity index (χ1n) is 6.87. The molecule has 0 radical (unpaired) electrons. The van der Waals surface area contributed by atoms with Gasteiger partial charge in [-0.05, 0) is 30.7 Å². The third-order valence-electron chi connectivity index (χ3n) is 3.38. The van der Waals surface area contributed by atoms with Crippen LogP contribution in [0.2, 0.25) is 0 Å². The van der Waals surface area contributed by atoms with Gasteiger partial charge < -0.3 is 5.32 Å². The van der Waals surface area contributed by atoms with Gasteiger partial charge in [0, 0.05) is 13.1 Å². The van der Waals surface area contributed by atoms with Crippen molar-refractivity contribution in [3.8, 4) is 0 Å². The van der Waals surface area contributed by atoms with Gasteiger partial charge in [-0.25, -0.2) is 17.5 Å². The molecule has 0 spiro atoms. The van der Waals surface area contributed by atoms with Crippen LogP contribution in [0.4, 0.5) is 4.39 Å². The van der Waals surface area contributed by atoms with Crippen LogP contribution in [0.1, 0.15) is 32.3 Å². The Balaban J connectivity index is 2.87. The van der Waals surface area contributed by atoms with Gasteiger partial charge in [-0.15, -0.1) is 0 Å². The van der Waals surface area contributed by atoms with Gasteiger partial charge in [0.25, 0.3) is 0 Å². The molecule has 0 amide bonds. The van der Waals surface area contributed by atoms with Crippen molar-refractivity contribution in [1.29, 1.82) is 0 Å². The molecular formula is C14H23FN2O2S. The molecule has 1 aromatic rings. The molecule has 0 aliphatic heterocycles. The summed E-state index contributed by atoms with van der Waals surface area (Å²) >= 11 is 0. The number of rotatable bonds is 8. The van der Waals surface area contributed by atoms with Crippen molar-refractivity contribution in [2.75, 3.05) is 13.6 Å². The molecule has 4 nitrogen and oxygen atoms in total. The van der Waals surface area contributed by atoms with Crippen molar-refractivity contribution in [3.63, 3.8) is 0 Å². The minimum Gasteiger partial charge on any atom is -0.316 e. The normalized spacial score (nSPS) is 12.1. The summed E-state index contributed by atoms with van der Waals surface area (Å²) in [7, 11) is -2.03. The monoisotopic (exact) mass is 302 g/mol. The van der Waals surface area contributed by atoms with Crippen LogP contribution in [0.5, 0.6) is 0 Å². The van der Waals surface area contributed by atoms with E-state index >= 15 is 0 Å². The van der Waals surface area contributed by atoms with E-state index in [2.05, 4.69) is 10.0 Å². The van der Waals surface area contributed by atoms with E-state index in [0.29, 0.717) is 18.7 Å². The number of hydrogen-bond acceptors (Lipinski definition) is 3. The van der Waals surface area contributed by atoms with Crippen molar-refractivity contribution in [1.82, 2.24) is 10.0 Å². The summed E-state index contributed by atoms with van der Waals surface area (Å²) < 4.78 is 40.6. The second-order valence-electron chi connectivity index (χ2n) is 4.83. The summed E-state index contributed by atoms with van der Waals surface area (Å²) in [6, 6.07) is 4.19. The van der Waals surface area contributed by atoms with E-state index in [1.165, 1.54) is 12.1 Å². The van der Waals surface area contributed by atoms with Crippen LogP contribution < -0.4 is 10.0 Å². The van der Waals surface area contributed by atoms with Crippen LogP contribution >= 0.6 is 0 Å². The maximum atomic E-state index is 13.9. The molecule has 0 aliphatic carbocycles. The van der Waals surface area contributed by atoms with Crippen molar-refractivity contribution in [2.24, 2.45) is 5.92 Å². The van der Waals surface area contributed by atoms with Gasteiger partial charge in [0.1, 0.15) is 10.7 Å². The standard InChI is InChI=1S/C14H23FN2O2S/c1-4-11(5-2)10-17-20(18,19)14-7-6-12(9-16-3)8-13(14)15/h6-8,11,16-17H,4-5,9-10H2,1-3H3. The average molecular weight is 302 g/mol. The highest BCUT2D eigenvalue weighted by Gasteiger charge is 2.20. The van der Waals surface area contributed by atoms with Crippen LogP contribution in [-0.2, 0) is 16.6 Å². The van der Waals surface area contributed by atoms with Crippen molar-refractivity contribution in [3.05, 3.63) is 29.6 Å². The van der Waals surface area contributed by atoms with E-state index < -0.39 is 15.8 Å². The Morgan fingerprint density at radius 3 is 2.40 bits per heavy atom. The molecular weight excluding hydrogens is 279 g/mol. The maximum Gasteiger partial charge on any atom is 0.243 e. The number of benzene rings is 1. The van der Waals surface area contributed by atoms with Crippen LogP contribution in [0, 0.1) is 11.7 Å². The molecule has 114 valence electrons. The van der Waals surface area contributed by atoms with Gasteiger partial charge >= 0.3 is 0 Å². The Bertz CT molecular complexity index is 528. The predicted octanol–water partition coefficient (Wildman–Crippen LogP) is 2.26. The van der Waals surface area contributed by atoms with Crippen LogP contribution in [-0.4, -0.2) is 22.0 Å². The lowest BCUT2D eigenvalue weighted by Gasteiger charge is -2.14. The molecule has 20 heavy (non-hydrogen) atoms. The van der Waals surface area contributed by atoms with Crippen molar-refractivity contribution >= 4 is 10.0 Å². The zero-order chi connectivity index (χ0) is 15.2. The fourth-order valence-corrected chi connectivity index (χ4v) is 3.13. The van der Waals surface area contributed by atoms with Gasteiger partial charge in [-0.1, -0.05) is 32.8 Å². The number of sulfonamides is 1. The molecule has 0 saturated heterocycles. The maximum absolute atomic E-state index is 13.9. The number of nitrogens with one attached hydrogen (secondary N) is 2. The lowest BCUT2D eigenvalue weighted by molar-refractivity contribution is 0.477. The second-order valence-corrected chi connectivity index (χ2v) is 6.56. The van der Waals surface area contributed by atoms with Crippen molar-refractivity contribution < 1.29 is 12.8 Å². The van der Waals surface area contributed by atoms with Crippen molar-refractivity contribution in [2.45, 2.75) is 38.1 Å². The summed E-state index contributed by atoms with van der Waals surface area (Å²) in [5.41, 5.74) is 0.712. The first kappa shape index (κ1) is 17.1. The number of halogens is 1. The van der Waals surface area contributed by atoms with E-state index in [9.17, 15) is 12.8 Å². The SMILES string of the molecule is CCC(CC)CNS(=O)(=O)c1ccc(CNC)cc1F. The highest BCUT2D eigenvalue weighted by molar-refractivity contribution is 7.89. The zero-order valence-corrected chi connectivity index (χ0v) is 13.1. The van der Waals surface area contributed by atoms with E-state index in [0.717, 1.165) is 12.8 Å². The largest absolute Gasteiger partial charge is 0.316 e. The first-order chi connectivity index (χ1) is 9.44. The summed E-state index contributed by atoms with van der Waals surface area (Å²) in [4.78, 5) is -0.289. The van der Waals surface area contributed by atoms with Gasteiger partial charge in [0.2, 0.25) is 10.0 Å². The summed E-state index contributed by atoms with van der Waals surface area (Å²) in [5.74, 6) is -0.439. The van der Waals surface area contributed by atoms with E-state index in [1.54, 1.807) is 13.1 Å². The van der Waals surface area contributed by atoms with Crippen LogP contribution in [0.25, 0.3) is 0 Å². The molecule has 1 aromatic carbocycles. The van der Waals surface area contributed by atoms with Gasteiger partial charge in [-0.2, -0.15) is 0 Å². The summed E-state index contributed by atoms with van der Waals surface area (Å²) in [5, 5.41) is 2.89. The van der Waals surface area contributed by atoms with E-state index in [4.69, 9.17) is 0 Å². The van der Waals surface area contributed by atoms with Gasteiger partial charge in [0.05, 0.1) is 0 Å². The summed E-state index contributed by atoms with van der Waals surface area (Å²) in [6.07, 6.45) is 1.78. The molecule has 0 fully saturated rings. The average Bonchev–Trinajstić information content (AvgIpc) is 2.40. The van der Waals surface area contributed by atoms with Gasteiger partial charge in [0.15, 0.2) is 0 Å². The Morgan fingerprint density at radius 1 is 1.25 bits per heavy atom. The third kappa shape index (κ3) is 4.54. The minimum atomic E-state index is -3.78. The van der Waals surface area contributed by atoms with E-state index in [-0.39, 0.29) is 10.8 Å². The quantitative estimate of drug-likeness (QED) is 0.774. The topological polar surface area (TPSA) is 58.2 Å². The predicted molar refractivity (Wildman–Crippen MR) is 78.4 cm³/mol. The highest BCUT2D eigenvalue weighted by Crippen LogP contribution is 2.17. The third-order valence-corrected chi connectivity index (χ3v) is 4.84. The zero-order valence-electron chi connectivity index (χ0n) is 12.2. The molecule has 0 heterocycles. The Morgan fingerprint density at radius 2 is 1.90 bits per heavy atom. The fraction of sp³-hybridized carbons (Fsp3) is 0.571. The molecule has 0 unspecified atom stereocenters. The van der Waals surface area contributed by atoms with Crippen LogP contribution in [0.15, 0.2) is 23.1 Å².